The number of aryl methyl sites for hydroxylation is 1. The quantitative estimate of drug-likeness (QED) is 0.0492. The van der Waals surface area contributed by atoms with E-state index >= 15 is 0 Å². The largest absolute Gasteiger partial charge is 0.370 e. The fourth-order valence-electron chi connectivity index (χ4n) is 7.13. The van der Waals surface area contributed by atoms with Crippen molar-refractivity contribution < 1.29 is 42.4 Å². The summed E-state index contributed by atoms with van der Waals surface area (Å²) in [6, 6.07) is 9.10. The lowest BCUT2D eigenvalue weighted by molar-refractivity contribution is -0.490. The van der Waals surface area contributed by atoms with Crippen molar-refractivity contribution in [1.82, 2.24) is 16.1 Å². The molecule has 0 radical (unpaired) electrons. The smallest absolute Gasteiger partial charge is 0.327 e. The molecule has 17 heteroatoms. The van der Waals surface area contributed by atoms with Crippen LogP contribution in [-0.2, 0) is 44.0 Å². The van der Waals surface area contributed by atoms with Crippen LogP contribution in [0, 0.1) is 13.8 Å². The first kappa shape index (κ1) is 44.8. The van der Waals surface area contributed by atoms with Gasteiger partial charge in [0.05, 0.1) is 34.0 Å². The highest BCUT2D eigenvalue weighted by molar-refractivity contribution is 8.03. The maximum atomic E-state index is 13.6. The van der Waals surface area contributed by atoms with E-state index in [2.05, 4.69) is 66.1 Å². The van der Waals surface area contributed by atoms with Crippen LogP contribution in [0.1, 0.15) is 97.1 Å². The van der Waals surface area contributed by atoms with Gasteiger partial charge in [-0.05, 0) is 107 Å². The molecule has 0 aromatic heterocycles. The zero-order valence-electron chi connectivity index (χ0n) is 33.5. The Balaban J connectivity index is 1.32. The molecular formula is C39H58N6O9S2. The third kappa shape index (κ3) is 14.0. The van der Waals surface area contributed by atoms with E-state index in [0.717, 1.165) is 32.1 Å². The highest BCUT2D eigenvalue weighted by atomic mass is 32.2. The molecule has 2 heterocycles. The summed E-state index contributed by atoms with van der Waals surface area (Å²) >= 11 is 1.25. The molecule has 0 bridgehead atoms. The van der Waals surface area contributed by atoms with E-state index < -0.39 is 21.8 Å². The molecule has 2 aromatic rings. The third-order valence-corrected chi connectivity index (χ3v) is 12.0. The first-order valence-electron chi connectivity index (χ1n) is 19.1. The van der Waals surface area contributed by atoms with E-state index in [4.69, 9.17) is 19.6 Å². The first-order chi connectivity index (χ1) is 26.5. The molecule has 310 valence electrons. The van der Waals surface area contributed by atoms with Crippen LogP contribution in [0.25, 0.3) is 0 Å². The lowest BCUT2D eigenvalue weighted by atomic mass is 9.79. The molecule has 3 amide bonds. The van der Waals surface area contributed by atoms with Gasteiger partial charge in [0.2, 0.25) is 5.91 Å². The number of thioether (sulfide) groups is 1. The second-order valence-corrected chi connectivity index (χ2v) is 18.2. The predicted octanol–water partition coefficient (Wildman–Crippen LogP) is 6.12. The van der Waals surface area contributed by atoms with Crippen LogP contribution in [-0.4, -0.2) is 68.3 Å². The number of amides is 3. The van der Waals surface area contributed by atoms with E-state index in [1.54, 1.807) is 32.0 Å². The number of piperidine rings is 1. The summed E-state index contributed by atoms with van der Waals surface area (Å²) in [6.07, 6.45) is 8.72. The third-order valence-electron chi connectivity index (χ3n) is 9.36. The van der Waals surface area contributed by atoms with Crippen LogP contribution >= 0.6 is 11.8 Å². The molecule has 4 rings (SSSR count). The van der Waals surface area contributed by atoms with Gasteiger partial charge in [-0.2, -0.15) is 4.89 Å². The summed E-state index contributed by atoms with van der Waals surface area (Å²) in [7, 11) is -4.08. The number of carbonyl (C=O) groups excluding carboxylic acids is 3. The minimum atomic E-state index is -4.08. The summed E-state index contributed by atoms with van der Waals surface area (Å²) < 4.78 is 35.8. The maximum absolute atomic E-state index is 13.6. The number of hydrogen-bond donors (Lipinski definition) is 6. The van der Waals surface area contributed by atoms with Crippen molar-refractivity contribution in [3.63, 3.8) is 0 Å². The molecule has 15 nitrogen and oxygen atoms in total. The van der Waals surface area contributed by atoms with Crippen LogP contribution in [0.4, 0.5) is 17.1 Å². The van der Waals surface area contributed by atoms with Crippen molar-refractivity contribution in [3.8, 4) is 0 Å². The van der Waals surface area contributed by atoms with E-state index in [0.29, 0.717) is 46.9 Å². The lowest BCUT2D eigenvalue weighted by Gasteiger charge is -2.46. The fraction of sp³-hybridized carbons (Fsp3) is 0.564. The zero-order valence-corrected chi connectivity index (χ0v) is 35.1. The second kappa shape index (κ2) is 20.5. The summed E-state index contributed by atoms with van der Waals surface area (Å²) in [4.78, 5) is 49.1. The van der Waals surface area contributed by atoms with Gasteiger partial charge in [0.1, 0.15) is 12.9 Å². The molecule has 1 fully saturated rings. The van der Waals surface area contributed by atoms with Crippen molar-refractivity contribution in [2.45, 2.75) is 128 Å². The number of carbonyl (C=O) groups is 3. The average molecular weight is 819 g/mol. The van der Waals surface area contributed by atoms with Crippen molar-refractivity contribution in [2.24, 2.45) is 0 Å². The van der Waals surface area contributed by atoms with Gasteiger partial charge in [-0.25, -0.2) is 8.42 Å². The Morgan fingerprint density at radius 3 is 2.27 bits per heavy atom. The van der Waals surface area contributed by atoms with Gasteiger partial charge in [-0.15, -0.1) is 11.8 Å². The number of ether oxygens (including phenoxy) is 1. The van der Waals surface area contributed by atoms with Crippen LogP contribution in [0.15, 0.2) is 52.5 Å². The Morgan fingerprint density at radius 2 is 1.57 bits per heavy atom. The Bertz CT molecular complexity index is 1790. The Kier molecular flexibility index (Phi) is 16.4. The number of hydrazine groups is 1. The Labute approximate surface area is 335 Å². The summed E-state index contributed by atoms with van der Waals surface area (Å²) in [5, 5.41) is 14.0. The molecule has 1 saturated heterocycles. The molecule has 2 aliphatic heterocycles. The van der Waals surface area contributed by atoms with Gasteiger partial charge in [0.15, 0.2) is 0 Å². The molecular weight excluding hydrogens is 761 g/mol. The standard InChI is InChI=1S/C39H58N6O9S2/c1-8-9-10-11-12-13-31-32(24-53-54-52-21-20-51-31)55-25-34(46)41-35-26(2)14-19-33(27(35)3)56(49,50)44-29-17-15-28(16-18-29)42-43-37(48)36(47)40-30-22-38(4,5)45-39(6,7)23-30/h14-19,24,30-31,42,44-45H,8-13,20-23,25H2,1-7H3,(H,40,47)(H,41,46)(H,43,48)/b32-24+. The molecule has 56 heavy (non-hydrogen) atoms. The first-order valence-corrected chi connectivity index (χ1v) is 21.5. The molecule has 0 spiro atoms. The second-order valence-electron chi connectivity index (χ2n) is 15.5. The summed E-state index contributed by atoms with van der Waals surface area (Å²) in [5.41, 5.74) is 6.84. The van der Waals surface area contributed by atoms with Gasteiger partial charge in [0, 0.05) is 28.5 Å². The van der Waals surface area contributed by atoms with E-state index in [9.17, 15) is 22.8 Å². The van der Waals surface area contributed by atoms with Gasteiger partial charge in [0.25, 0.3) is 10.0 Å². The highest BCUT2D eigenvalue weighted by Crippen LogP contribution is 2.31. The van der Waals surface area contributed by atoms with E-state index in [1.807, 2.05) is 0 Å². The van der Waals surface area contributed by atoms with Crippen LogP contribution < -0.4 is 31.5 Å². The molecule has 0 saturated carbocycles. The summed E-state index contributed by atoms with van der Waals surface area (Å²) in [5.74, 6) is -1.92. The lowest BCUT2D eigenvalue weighted by Crippen LogP contribution is -2.63. The molecule has 2 aromatic carbocycles. The molecule has 1 atom stereocenters. The summed E-state index contributed by atoms with van der Waals surface area (Å²) in [6.45, 7) is 14.3. The van der Waals surface area contributed by atoms with Gasteiger partial charge >= 0.3 is 11.8 Å². The SMILES string of the molecule is CCCCCCCC1OCCOOO/C=C\1SCC(=O)Nc1c(C)ccc(S(=O)(=O)Nc2ccc(NNC(=O)C(=O)NC3CC(C)(C)NC(C)(C)C3)cc2)c1C. The number of anilines is 3. The number of nitrogens with one attached hydrogen (secondary N) is 6. The van der Waals surface area contributed by atoms with Crippen molar-refractivity contribution >= 4 is 56.6 Å². The number of hydrogen-bond acceptors (Lipinski definition) is 12. The average Bonchev–Trinajstić information content (AvgIpc) is 3.22. The molecule has 2 aliphatic rings. The molecule has 0 aliphatic carbocycles. The van der Waals surface area contributed by atoms with E-state index in [1.165, 1.54) is 42.6 Å². The fourth-order valence-corrected chi connectivity index (χ4v) is 9.28. The van der Waals surface area contributed by atoms with Gasteiger partial charge in [-0.1, -0.05) is 45.1 Å². The zero-order chi connectivity index (χ0) is 40.9. The Morgan fingerprint density at radius 1 is 0.893 bits per heavy atom. The highest BCUT2D eigenvalue weighted by Gasteiger charge is 2.38. The number of sulfonamides is 1. The van der Waals surface area contributed by atoms with Gasteiger partial charge < -0.3 is 25.6 Å². The Hall–Kier alpha value is -3.87. The number of rotatable bonds is 16. The van der Waals surface area contributed by atoms with Crippen LogP contribution in [0.5, 0.6) is 0 Å². The van der Waals surface area contributed by atoms with Crippen molar-refractivity contribution in [1.29, 1.82) is 0 Å². The molecule has 1 unspecified atom stereocenters. The molecule has 6 N–H and O–H groups in total. The van der Waals surface area contributed by atoms with Crippen molar-refractivity contribution in [3.05, 3.63) is 58.7 Å². The van der Waals surface area contributed by atoms with Crippen molar-refractivity contribution in [2.75, 3.05) is 34.4 Å². The predicted molar refractivity (Wildman–Crippen MR) is 218 cm³/mol. The monoisotopic (exact) mass is 818 g/mol. The maximum Gasteiger partial charge on any atom is 0.327 e. The van der Waals surface area contributed by atoms with Crippen LogP contribution in [0.3, 0.4) is 0 Å². The van der Waals surface area contributed by atoms with Crippen LogP contribution in [0.2, 0.25) is 0 Å². The number of benzene rings is 2. The normalized spacial score (nSPS) is 19.5. The topological polar surface area (TPSA) is 194 Å². The number of unbranched alkanes of at least 4 members (excludes halogenated alkanes) is 4. The minimum absolute atomic E-state index is 0.00638. The minimum Gasteiger partial charge on any atom is -0.370 e. The van der Waals surface area contributed by atoms with E-state index in [-0.39, 0.29) is 52.1 Å². The van der Waals surface area contributed by atoms with Gasteiger partial charge in [-0.3, -0.25) is 30.0 Å².